The van der Waals surface area contributed by atoms with Crippen molar-refractivity contribution in [3.05, 3.63) is 63.2 Å². The number of rotatable bonds is 5. The van der Waals surface area contributed by atoms with Crippen molar-refractivity contribution in [1.29, 1.82) is 0 Å². The third-order valence-corrected chi connectivity index (χ3v) is 7.00. The zero-order valence-corrected chi connectivity index (χ0v) is 17.1. The zero-order chi connectivity index (χ0) is 21.2. The number of nitrogens with zero attached hydrogens (tertiary/aromatic N) is 3. The van der Waals surface area contributed by atoms with Gasteiger partial charge in [0.2, 0.25) is 10.0 Å². The minimum atomic E-state index is -3.88. The lowest BCUT2D eigenvalue weighted by molar-refractivity contribution is -0.383. The first-order valence-electron chi connectivity index (χ1n) is 8.73. The Kier molecular flexibility index (Phi) is 6.18. The van der Waals surface area contributed by atoms with Crippen molar-refractivity contribution in [2.24, 2.45) is 0 Å². The molecule has 0 radical (unpaired) electrons. The van der Waals surface area contributed by atoms with E-state index in [1.165, 1.54) is 40.7 Å². The van der Waals surface area contributed by atoms with E-state index >= 15 is 0 Å². The number of anilines is 1. The number of carbonyl (C=O) groups is 1. The Morgan fingerprint density at radius 1 is 1.14 bits per heavy atom. The molecule has 1 saturated heterocycles. The predicted molar refractivity (Wildman–Crippen MR) is 109 cm³/mol. The Balaban J connectivity index is 1.89. The Hall–Kier alpha value is -2.53. The highest BCUT2D eigenvalue weighted by Gasteiger charge is 2.30. The molecule has 154 valence electrons. The van der Waals surface area contributed by atoms with E-state index in [1.807, 2.05) is 11.9 Å². The minimum Gasteiger partial charge on any atom is -0.316 e. The van der Waals surface area contributed by atoms with Crippen LogP contribution < -0.4 is 5.32 Å². The Morgan fingerprint density at radius 3 is 2.45 bits per heavy atom. The Labute approximate surface area is 173 Å². The van der Waals surface area contributed by atoms with Gasteiger partial charge in [-0.25, -0.2) is 8.42 Å². The average Bonchev–Trinajstić information content (AvgIpc) is 2.68. The highest BCUT2D eigenvalue weighted by atomic mass is 35.5. The molecule has 1 heterocycles. The van der Waals surface area contributed by atoms with E-state index in [0.717, 1.165) is 0 Å². The number of likely N-dealkylation sites (N-methyl/N-ethyl adjacent to an activating group) is 1. The van der Waals surface area contributed by atoms with Gasteiger partial charge in [-0.2, -0.15) is 4.31 Å². The predicted octanol–water partition coefficient (Wildman–Crippen LogP) is 2.44. The first kappa shape index (κ1) is 21.2. The lowest BCUT2D eigenvalue weighted by Gasteiger charge is -2.31. The van der Waals surface area contributed by atoms with Gasteiger partial charge in [-0.05, 0) is 31.3 Å². The number of nitro benzene ring substituents is 1. The smallest absolute Gasteiger partial charge is 0.292 e. The molecule has 0 atom stereocenters. The number of nitrogens with one attached hydrogen (secondary N) is 1. The van der Waals surface area contributed by atoms with Gasteiger partial charge in [0.05, 0.1) is 9.95 Å². The fourth-order valence-corrected chi connectivity index (χ4v) is 4.87. The van der Waals surface area contributed by atoms with Crippen LogP contribution in [0.2, 0.25) is 5.02 Å². The van der Waals surface area contributed by atoms with Gasteiger partial charge < -0.3 is 10.2 Å². The summed E-state index contributed by atoms with van der Waals surface area (Å²) in [7, 11) is -1.97. The standard InChI is InChI=1S/C18H19ClN4O5S/c1-21-8-10-22(11-9-21)29(27,28)17-12-13(6-7-14(17)19)18(24)20-15-4-2-3-5-16(15)23(25)26/h2-7,12H,8-11H2,1H3,(H,20,24). The molecule has 2 aromatic carbocycles. The lowest BCUT2D eigenvalue weighted by Crippen LogP contribution is -2.47. The first-order chi connectivity index (χ1) is 13.7. The van der Waals surface area contributed by atoms with Crippen LogP contribution >= 0.6 is 11.6 Å². The third kappa shape index (κ3) is 4.56. The molecule has 11 heteroatoms. The molecule has 1 amide bonds. The van der Waals surface area contributed by atoms with Crippen LogP contribution in [-0.4, -0.2) is 61.7 Å². The average molecular weight is 439 g/mol. The fraction of sp³-hybridized carbons (Fsp3) is 0.278. The molecule has 0 unspecified atom stereocenters. The quantitative estimate of drug-likeness (QED) is 0.566. The summed E-state index contributed by atoms with van der Waals surface area (Å²) in [6.07, 6.45) is 0. The molecule has 1 N–H and O–H groups in total. The number of halogens is 1. The van der Waals surface area contributed by atoms with Crippen LogP contribution in [0.1, 0.15) is 10.4 Å². The normalized spacial score (nSPS) is 15.8. The monoisotopic (exact) mass is 438 g/mol. The molecule has 1 aliphatic rings. The fourth-order valence-electron chi connectivity index (χ4n) is 2.94. The molecule has 0 aliphatic carbocycles. The van der Waals surface area contributed by atoms with Crippen LogP contribution in [0, 0.1) is 10.1 Å². The lowest BCUT2D eigenvalue weighted by atomic mass is 10.2. The molecule has 2 aromatic rings. The highest BCUT2D eigenvalue weighted by molar-refractivity contribution is 7.89. The molecule has 0 aromatic heterocycles. The van der Waals surface area contributed by atoms with Gasteiger partial charge in [0.1, 0.15) is 10.6 Å². The third-order valence-electron chi connectivity index (χ3n) is 4.62. The van der Waals surface area contributed by atoms with E-state index in [2.05, 4.69) is 5.32 Å². The second-order valence-corrected chi connectivity index (χ2v) is 8.89. The van der Waals surface area contributed by atoms with Crippen molar-refractivity contribution in [2.45, 2.75) is 4.90 Å². The highest BCUT2D eigenvalue weighted by Crippen LogP contribution is 2.28. The molecule has 1 fully saturated rings. The van der Waals surface area contributed by atoms with E-state index < -0.39 is 20.9 Å². The molecule has 1 aliphatic heterocycles. The van der Waals surface area contributed by atoms with Crippen LogP contribution in [0.15, 0.2) is 47.4 Å². The number of nitro groups is 1. The summed E-state index contributed by atoms with van der Waals surface area (Å²) < 4.78 is 27.3. The van der Waals surface area contributed by atoms with Gasteiger partial charge in [-0.3, -0.25) is 14.9 Å². The number of hydrogen-bond donors (Lipinski definition) is 1. The topological polar surface area (TPSA) is 113 Å². The number of piperazine rings is 1. The van der Waals surface area contributed by atoms with Gasteiger partial charge in [0, 0.05) is 37.8 Å². The van der Waals surface area contributed by atoms with Crippen molar-refractivity contribution < 1.29 is 18.1 Å². The molecule has 9 nitrogen and oxygen atoms in total. The molecule has 0 spiro atoms. The van der Waals surface area contributed by atoms with Crippen molar-refractivity contribution in [1.82, 2.24) is 9.21 Å². The number of benzene rings is 2. The Morgan fingerprint density at radius 2 is 1.79 bits per heavy atom. The molecular weight excluding hydrogens is 420 g/mol. The van der Waals surface area contributed by atoms with E-state index in [4.69, 9.17) is 11.6 Å². The van der Waals surface area contributed by atoms with Crippen LogP contribution in [0.4, 0.5) is 11.4 Å². The summed E-state index contributed by atoms with van der Waals surface area (Å²) in [5.74, 6) is -0.675. The van der Waals surface area contributed by atoms with E-state index in [-0.39, 0.29) is 26.9 Å². The molecule has 3 rings (SSSR count). The van der Waals surface area contributed by atoms with Crippen molar-refractivity contribution in [2.75, 3.05) is 38.5 Å². The van der Waals surface area contributed by atoms with Gasteiger partial charge in [-0.15, -0.1) is 0 Å². The Bertz CT molecular complexity index is 1050. The SMILES string of the molecule is CN1CCN(S(=O)(=O)c2cc(C(=O)Nc3ccccc3[N+](=O)[O-])ccc2Cl)CC1. The first-order valence-corrected chi connectivity index (χ1v) is 10.5. The molecular formula is C18H19ClN4O5S. The summed E-state index contributed by atoms with van der Waals surface area (Å²) in [6, 6.07) is 9.59. The number of carbonyl (C=O) groups excluding carboxylic acids is 1. The van der Waals surface area contributed by atoms with Crippen LogP contribution in [0.3, 0.4) is 0 Å². The van der Waals surface area contributed by atoms with Gasteiger partial charge in [-0.1, -0.05) is 23.7 Å². The largest absolute Gasteiger partial charge is 0.316 e. The number of sulfonamides is 1. The summed E-state index contributed by atoms with van der Waals surface area (Å²) in [5, 5.41) is 13.6. The molecule has 29 heavy (non-hydrogen) atoms. The van der Waals surface area contributed by atoms with Crippen molar-refractivity contribution >= 4 is 38.9 Å². The van der Waals surface area contributed by atoms with E-state index in [9.17, 15) is 23.3 Å². The maximum atomic E-state index is 13.0. The maximum absolute atomic E-state index is 13.0. The number of para-hydroxylation sites is 2. The van der Waals surface area contributed by atoms with Crippen LogP contribution in [-0.2, 0) is 10.0 Å². The number of amides is 1. The summed E-state index contributed by atoms with van der Waals surface area (Å²) in [5.41, 5.74) is -0.221. The van der Waals surface area contributed by atoms with Gasteiger partial charge in [0.15, 0.2) is 0 Å². The van der Waals surface area contributed by atoms with Crippen molar-refractivity contribution in [3.63, 3.8) is 0 Å². The summed E-state index contributed by atoms with van der Waals surface area (Å²) in [6.45, 7) is 1.83. The summed E-state index contributed by atoms with van der Waals surface area (Å²) in [4.78, 5) is 25.0. The van der Waals surface area contributed by atoms with E-state index in [1.54, 1.807) is 6.07 Å². The molecule has 0 bridgehead atoms. The minimum absolute atomic E-state index is 0.00571. The van der Waals surface area contributed by atoms with Gasteiger partial charge in [0.25, 0.3) is 11.6 Å². The molecule has 0 saturated carbocycles. The van der Waals surface area contributed by atoms with Gasteiger partial charge >= 0.3 is 0 Å². The second-order valence-electron chi connectivity index (χ2n) is 6.58. The zero-order valence-electron chi connectivity index (χ0n) is 15.5. The number of hydrogen-bond acceptors (Lipinski definition) is 6. The van der Waals surface area contributed by atoms with Crippen molar-refractivity contribution in [3.8, 4) is 0 Å². The second kappa shape index (κ2) is 8.46. The van der Waals surface area contributed by atoms with E-state index in [0.29, 0.717) is 26.2 Å². The van der Waals surface area contributed by atoms with Crippen LogP contribution in [0.5, 0.6) is 0 Å². The maximum Gasteiger partial charge on any atom is 0.292 e. The summed E-state index contributed by atoms with van der Waals surface area (Å²) >= 11 is 6.12. The van der Waals surface area contributed by atoms with Crippen LogP contribution in [0.25, 0.3) is 0 Å².